The van der Waals surface area contributed by atoms with Crippen LogP contribution >= 0.6 is 0 Å². The number of rotatable bonds is 24. The molecule has 0 aliphatic carbocycles. The van der Waals surface area contributed by atoms with Gasteiger partial charge in [0, 0.05) is 75.6 Å². The van der Waals surface area contributed by atoms with Crippen molar-refractivity contribution < 1.29 is 49.2 Å². The lowest BCUT2D eigenvalue weighted by atomic mass is 10.0. The van der Waals surface area contributed by atoms with Gasteiger partial charge in [0.15, 0.2) is 11.2 Å². The Bertz CT molecular complexity index is 2500. The highest BCUT2D eigenvalue weighted by molar-refractivity contribution is 5.97. The van der Waals surface area contributed by atoms with Crippen molar-refractivity contribution >= 4 is 64.2 Å². The minimum Gasteiger partial charge on any atom is -0.480 e. The van der Waals surface area contributed by atoms with E-state index < -0.39 is 64.2 Å². The predicted octanol–water partition coefficient (Wildman–Crippen LogP) is -2.05. The lowest BCUT2D eigenvalue weighted by Gasteiger charge is -2.30. The number of nitrogen functional groups attached to an aromatic ring is 1. The summed E-state index contributed by atoms with van der Waals surface area (Å²) in [6, 6.07) is 3.75. The number of hydrogen-bond donors (Lipinski definition) is 10. The molecular weight excluding hydrogens is 869 g/mol. The number of carboxylic acids is 4. The number of hydrogen-bond acceptors (Lipinski definition) is 18. The van der Waals surface area contributed by atoms with Gasteiger partial charge >= 0.3 is 23.9 Å². The van der Waals surface area contributed by atoms with E-state index in [4.69, 9.17) is 5.73 Å². The second kappa shape index (κ2) is 23.5. The van der Waals surface area contributed by atoms with Crippen LogP contribution in [0.3, 0.4) is 0 Å². The highest BCUT2D eigenvalue weighted by atomic mass is 16.4. The number of carbonyl (C=O) groups excluding carboxylic acids is 2. The molecule has 0 spiro atoms. The minimum atomic E-state index is -1.38. The Morgan fingerprint density at radius 1 is 0.773 bits per heavy atom. The fourth-order valence-corrected chi connectivity index (χ4v) is 7.35. The van der Waals surface area contributed by atoms with Crippen molar-refractivity contribution in [3.8, 4) is 0 Å². The summed E-state index contributed by atoms with van der Waals surface area (Å²) in [5, 5.41) is 49.5. The van der Waals surface area contributed by atoms with E-state index in [1.807, 2.05) is 0 Å². The number of amides is 2. The van der Waals surface area contributed by atoms with Crippen LogP contribution in [0.1, 0.15) is 53.7 Å². The first-order valence-corrected chi connectivity index (χ1v) is 21.1. The Hall–Kier alpha value is -7.38. The number of aliphatic carboxylic acids is 4. The zero-order valence-corrected chi connectivity index (χ0v) is 35.8. The molecule has 1 saturated heterocycles. The molecule has 25 nitrogen and oxygen atoms in total. The van der Waals surface area contributed by atoms with Gasteiger partial charge in [0.2, 0.25) is 22.7 Å². The molecule has 2 amide bonds. The number of aromatic nitrogens is 4. The molecule has 0 radical (unpaired) electrons. The molecule has 1 fully saturated rings. The summed E-state index contributed by atoms with van der Waals surface area (Å²) in [6.45, 7) is 1.46. The van der Waals surface area contributed by atoms with Crippen molar-refractivity contribution in [2.24, 2.45) is 0 Å². The van der Waals surface area contributed by atoms with E-state index in [9.17, 15) is 63.6 Å². The topological polar surface area (TPSA) is 373 Å². The van der Waals surface area contributed by atoms with Crippen LogP contribution in [0.5, 0.6) is 0 Å². The number of H-pyrrole nitrogens is 1. The smallest absolute Gasteiger partial charge is 0.326 e. The van der Waals surface area contributed by atoms with Crippen LogP contribution in [-0.4, -0.2) is 168 Å². The third-order valence-electron chi connectivity index (χ3n) is 10.8. The van der Waals surface area contributed by atoms with Crippen LogP contribution in [0, 0.1) is 0 Å². The number of fused-ring (bicyclic) bond motifs is 1. The molecule has 0 saturated carbocycles. The predicted molar refractivity (Wildman–Crippen MR) is 236 cm³/mol. The quantitative estimate of drug-likeness (QED) is 0.0267. The summed E-state index contributed by atoms with van der Waals surface area (Å²) in [7, 11) is 0. The molecule has 11 N–H and O–H groups in total. The third-order valence-corrected chi connectivity index (χ3v) is 10.8. The van der Waals surface area contributed by atoms with Crippen molar-refractivity contribution in [1.82, 2.24) is 45.3 Å². The standard InChI is InChI=1S/C41H52N12O13/c42-41-49-36-33(38(62)50-41)47-25(20-46-36)19-45-24-7-5-23(6-8-24)37(61)48-27(39(63)64)9-10-29(54)43-11-1-3-26-32(35(60)34(26)59)44-12-2-4-28(40(65)66)53-17-15-51(21-30(55)56)13-14-52(16-18-53)22-31(57)58/h5-8,20,27-28,44-45H,1-4,9-19,21-22H2,(H,43,54)(H,48,61)(H,55,56)(H,57,58)(H,63,64)(H,65,66)(H3,42,46,49,50,62)/t27-,28?/m0/s1. The van der Waals surface area contributed by atoms with Gasteiger partial charge in [-0.05, 0) is 56.4 Å². The van der Waals surface area contributed by atoms with Crippen molar-refractivity contribution in [3.63, 3.8) is 0 Å². The number of nitrogens with one attached hydrogen (secondary N) is 5. The van der Waals surface area contributed by atoms with Crippen LogP contribution in [0.4, 0.5) is 17.3 Å². The van der Waals surface area contributed by atoms with Gasteiger partial charge in [-0.1, -0.05) is 0 Å². The van der Waals surface area contributed by atoms with Gasteiger partial charge in [-0.3, -0.25) is 58.0 Å². The highest BCUT2D eigenvalue weighted by Gasteiger charge is 2.29. The number of aromatic amines is 1. The highest BCUT2D eigenvalue weighted by Crippen LogP contribution is 2.15. The van der Waals surface area contributed by atoms with Crippen molar-refractivity contribution in [1.29, 1.82) is 0 Å². The maximum Gasteiger partial charge on any atom is 0.326 e. The number of nitrogens with two attached hydrogens (primary N) is 1. The Balaban J connectivity index is 1.02. The summed E-state index contributed by atoms with van der Waals surface area (Å²) in [5.41, 5.74) is 5.25. The molecule has 354 valence electrons. The number of carbonyl (C=O) groups is 6. The normalized spacial score (nSPS) is 14.9. The van der Waals surface area contributed by atoms with E-state index in [1.165, 1.54) is 18.3 Å². The molecule has 3 heterocycles. The van der Waals surface area contributed by atoms with Crippen LogP contribution in [0.25, 0.3) is 11.2 Å². The molecule has 2 aromatic carbocycles. The molecular formula is C41H52N12O13. The zero-order valence-electron chi connectivity index (χ0n) is 35.8. The van der Waals surface area contributed by atoms with Gasteiger partial charge in [-0.25, -0.2) is 14.8 Å². The molecule has 1 aliphatic rings. The largest absolute Gasteiger partial charge is 0.480 e. The number of anilines is 3. The second-order valence-corrected chi connectivity index (χ2v) is 15.6. The summed E-state index contributed by atoms with van der Waals surface area (Å²) in [4.78, 5) is 129. The van der Waals surface area contributed by atoms with E-state index in [-0.39, 0.29) is 131 Å². The van der Waals surface area contributed by atoms with E-state index in [2.05, 4.69) is 41.2 Å². The molecule has 1 aliphatic heterocycles. The fraction of sp³-hybridized carbons (Fsp3) is 0.463. The molecule has 1 unspecified atom stereocenters. The SMILES string of the molecule is Nc1nc2ncc(CNc3ccc(C(=O)N[C@@H](CCC(=O)NCCCc4c(NCCCC(C(=O)O)N5CCN(CC(=O)O)CCN(CC(=O)O)CC5)c(=O)c4=O)C(=O)O)cc3)nc2c(=O)[nH]1. The van der Waals surface area contributed by atoms with Crippen LogP contribution in [0.15, 0.2) is 44.8 Å². The van der Waals surface area contributed by atoms with Gasteiger partial charge in [-0.2, -0.15) is 4.98 Å². The molecule has 0 bridgehead atoms. The van der Waals surface area contributed by atoms with Crippen LogP contribution in [0.2, 0.25) is 0 Å². The summed E-state index contributed by atoms with van der Waals surface area (Å²) in [6.07, 6.45) is 1.81. The Morgan fingerprint density at radius 3 is 2.05 bits per heavy atom. The van der Waals surface area contributed by atoms with Crippen molar-refractivity contribution in [2.75, 3.05) is 81.8 Å². The molecule has 2 aromatic heterocycles. The first-order valence-electron chi connectivity index (χ1n) is 21.1. The minimum absolute atomic E-state index is 0.0209. The second-order valence-electron chi connectivity index (χ2n) is 15.6. The first-order chi connectivity index (χ1) is 31.5. The summed E-state index contributed by atoms with van der Waals surface area (Å²) >= 11 is 0. The third kappa shape index (κ3) is 14.3. The van der Waals surface area contributed by atoms with Crippen LogP contribution < -0.4 is 43.4 Å². The van der Waals surface area contributed by atoms with Crippen molar-refractivity contribution in [3.05, 3.63) is 78.1 Å². The Labute approximate surface area is 375 Å². The van der Waals surface area contributed by atoms with E-state index in [0.717, 1.165) is 0 Å². The number of nitrogens with zero attached hydrogens (tertiary/aromatic N) is 6. The maximum atomic E-state index is 12.9. The van der Waals surface area contributed by atoms with Crippen LogP contribution in [-0.2, 0) is 36.9 Å². The molecule has 25 heteroatoms. The first kappa shape index (κ1) is 49.6. The molecule has 4 aromatic rings. The van der Waals surface area contributed by atoms with Gasteiger partial charge in [0.05, 0.1) is 37.2 Å². The number of carboxylic acid groups (broad SMARTS) is 4. The van der Waals surface area contributed by atoms with Gasteiger partial charge < -0.3 is 47.4 Å². The van der Waals surface area contributed by atoms with Crippen molar-refractivity contribution in [2.45, 2.75) is 57.2 Å². The molecule has 66 heavy (non-hydrogen) atoms. The Kier molecular flexibility index (Phi) is 17.7. The average Bonchev–Trinajstić information content (AvgIpc) is 3.35. The number of benzene rings is 1. The monoisotopic (exact) mass is 920 g/mol. The Morgan fingerprint density at radius 2 is 1.42 bits per heavy atom. The summed E-state index contributed by atoms with van der Waals surface area (Å²) in [5.74, 6) is -5.84. The van der Waals surface area contributed by atoms with Gasteiger partial charge in [-0.15, -0.1) is 0 Å². The van der Waals surface area contributed by atoms with Gasteiger partial charge in [0.25, 0.3) is 11.5 Å². The fourth-order valence-electron chi connectivity index (χ4n) is 7.35. The maximum absolute atomic E-state index is 12.9. The van der Waals surface area contributed by atoms with E-state index in [1.54, 1.807) is 26.8 Å². The lowest BCUT2D eigenvalue weighted by molar-refractivity contribution is -0.144. The van der Waals surface area contributed by atoms with E-state index >= 15 is 0 Å². The van der Waals surface area contributed by atoms with Gasteiger partial charge in [0.1, 0.15) is 12.1 Å². The average molecular weight is 921 g/mol. The lowest BCUT2D eigenvalue weighted by Crippen LogP contribution is -2.47. The molecule has 5 rings (SSSR count). The summed E-state index contributed by atoms with van der Waals surface area (Å²) < 4.78 is 0. The molecule has 2 atom stereocenters. The zero-order chi connectivity index (χ0) is 47.9. The van der Waals surface area contributed by atoms with E-state index in [0.29, 0.717) is 24.5 Å².